The molecular formula is C16H11N5O3S. The lowest BCUT2D eigenvalue weighted by Gasteiger charge is -2.03. The van der Waals surface area contributed by atoms with Crippen LogP contribution in [-0.2, 0) is 10.0 Å². The highest BCUT2D eigenvalue weighted by atomic mass is 32.2. The van der Waals surface area contributed by atoms with E-state index in [4.69, 9.17) is 5.53 Å². The molecule has 0 bridgehead atoms. The van der Waals surface area contributed by atoms with E-state index in [-0.39, 0.29) is 10.6 Å². The van der Waals surface area contributed by atoms with Gasteiger partial charge in [0.05, 0.1) is 10.6 Å². The molecule has 3 aromatic carbocycles. The fraction of sp³-hybridized carbons (Fsp3) is 0. The summed E-state index contributed by atoms with van der Waals surface area (Å²) in [7, 11) is -4.03. The number of benzene rings is 3. The van der Waals surface area contributed by atoms with E-state index in [0.717, 1.165) is 10.8 Å². The summed E-state index contributed by atoms with van der Waals surface area (Å²) in [5, 5.41) is 19.8. The Morgan fingerprint density at radius 2 is 1.64 bits per heavy atom. The van der Waals surface area contributed by atoms with E-state index in [0.29, 0.717) is 11.4 Å². The van der Waals surface area contributed by atoms with E-state index >= 15 is 0 Å². The molecule has 0 aliphatic rings. The first kappa shape index (κ1) is 16.4. The quantitative estimate of drug-likeness (QED) is 0.404. The molecule has 0 heterocycles. The van der Waals surface area contributed by atoms with Crippen LogP contribution in [-0.4, -0.2) is 13.5 Å². The maximum absolute atomic E-state index is 11.6. The predicted octanol–water partition coefficient (Wildman–Crippen LogP) is 4.96. The van der Waals surface area contributed by atoms with Gasteiger partial charge in [-0.3, -0.25) is 0 Å². The van der Waals surface area contributed by atoms with Crippen molar-refractivity contribution in [2.75, 3.05) is 0 Å². The molecule has 3 rings (SSSR count). The van der Waals surface area contributed by atoms with Crippen molar-refractivity contribution in [2.24, 2.45) is 14.7 Å². The number of phenolic OH excluding ortho intramolecular Hbond substituents is 1. The standard InChI is InChI=1S/C16H11N5O3S/c17-20-21-25(23,24)13-8-6-12(7-9-13)18-19-16-14-4-2-1-3-11(14)5-10-15(16)22/h1-10,22H. The van der Waals surface area contributed by atoms with Gasteiger partial charge in [0.25, 0.3) is 10.0 Å². The van der Waals surface area contributed by atoms with E-state index in [1.54, 1.807) is 6.07 Å². The van der Waals surface area contributed by atoms with Crippen molar-refractivity contribution in [3.8, 4) is 5.75 Å². The van der Waals surface area contributed by atoms with Crippen LogP contribution in [0.4, 0.5) is 11.4 Å². The second kappa shape index (κ2) is 6.60. The van der Waals surface area contributed by atoms with Gasteiger partial charge in [0.1, 0.15) is 11.4 Å². The van der Waals surface area contributed by atoms with Gasteiger partial charge in [0, 0.05) is 14.8 Å². The maximum atomic E-state index is 11.6. The van der Waals surface area contributed by atoms with Crippen LogP contribution in [0.3, 0.4) is 0 Å². The maximum Gasteiger partial charge on any atom is 0.264 e. The molecule has 0 radical (unpaired) electrons. The fourth-order valence-corrected chi connectivity index (χ4v) is 2.91. The van der Waals surface area contributed by atoms with Crippen LogP contribution in [0.1, 0.15) is 0 Å². The van der Waals surface area contributed by atoms with E-state index in [1.807, 2.05) is 24.3 Å². The van der Waals surface area contributed by atoms with Crippen molar-refractivity contribution in [2.45, 2.75) is 4.90 Å². The largest absolute Gasteiger partial charge is 0.506 e. The number of aromatic hydroxyl groups is 1. The third kappa shape index (κ3) is 3.42. The topological polar surface area (TPSA) is 128 Å². The highest BCUT2D eigenvalue weighted by Crippen LogP contribution is 2.36. The summed E-state index contributed by atoms with van der Waals surface area (Å²) in [5.74, 6) is -0.00925. The molecule has 0 atom stereocenters. The summed E-state index contributed by atoms with van der Waals surface area (Å²) in [6.45, 7) is 0. The highest BCUT2D eigenvalue weighted by molar-refractivity contribution is 7.90. The number of rotatable bonds is 4. The molecule has 0 amide bonds. The molecule has 0 aromatic heterocycles. The fourth-order valence-electron chi connectivity index (χ4n) is 2.24. The Morgan fingerprint density at radius 3 is 2.36 bits per heavy atom. The average Bonchev–Trinajstić information content (AvgIpc) is 2.61. The molecule has 0 aliphatic carbocycles. The van der Waals surface area contributed by atoms with Gasteiger partial charge in [0.15, 0.2) is 0 Å². The molecule has 0 fully saturated rings. The van der Waals surface area contributed by atoms with E-state index in [1.165, 1.54) is 30.3 Å². The van der Waals surface area contributed by atoms with Gasteiger partial charge in [0.2, 0.25) is 0 Å². The zero-order chi connectivity index (χ0) is 17.9. The molecule has 9 heteroatoms. The van der Waals surface area contributed by atoms with Crippen LogP contribution in [0.5, 0.6) is 5.75 Å². The number of azo groups is 1. The van der Waals surface area contributed by atoms with Crippen LogP contribution < -0.4 is 0 Å². The Morgan fingerprint density at radius 1 is 0.920 bits per heavy atom. The lowest BCUT2D eigenvalue weighted by molar-refractivity contribution is 0.477. The molecule has 124 valence electrons. The SMILES string of the molecule is [N-]=[N+]=NS(=O)(=O)c1ccc(N=Nc2c(O)ccc3ccccc23)cc1. The normalized spacial score (nSPS) is 11.5. The van der Waals surface area contributed by atoms with Gasteiger partial charge in [-0.1, -0.05) is 30.3 Å². The van der Waals surface area contributed by atoms with E-state index in [9.17, 15) is 13.5 Å². The summed E-state index contributed by atoms with van der Waals surface area (Å²) < 4.78 is 26.0. The van der Waals surface area contributed by atoms with Gasteiger partial charge < -0.3 is 5.11 Å². The molecule has 0 unspecified atom stereocenters. The molecule has 3 aromatic rings. The molecule has 1 N–H and O–H groups in total. The predicted molar refractivity (Wildman–Crippen MR) is 92.6 cm³/mol. The first-order chi connectivity index (χ1) is 12.0. The third-order valence-electron chi connectivity index (χ3n) is 3.42. The molecule has 0 spiro atoms. The highest BCUT2D eigenvalue weighted by Gasteiger charge is 2.11. The average molecular weight is 353 g/mol. The molecule has 0 saturated heterocycles. The van der Waals surface area contributed by atoms with E-state index in [2.05, 4.69) is 19.7 Å². The van der Waals surface area contributed by atoms with Crippen molar-refractivity contribution in [3.05, 3.63) is 71.1 Å². The monoisotopic (exact) mass is 353 g/mol. The Labute approximate surface area is 142 Å². The minimum absolute atomic E-state index is 0.00925. The van der Waals surface area contributed by atoms with Crippen molar-refractivity contribution in [1.29, 1.82) is 0 Å². The second-order valence-electron chi connectivity index (χ2n) is 4.99. The summed E-state index contributed by atoms with van der Waals surface area (Å²) >= 11 is 0. The molecular weight excluding hydrogens is 342 g/mol. The van der Waals surface area contributed by atoms with Crippen LogP contribution in [0.2, 0.25) is 0 Å². The van der Waals surface area contributed by atoms with Crippen LogP contribution >= 0.6 is 0 Å². The van der Waals surface area contributed by atoms with Crippen molar-refractivity contribution in [1.82, 2.24) is 0 Å². The van der Waals surface area contributed by atoms with Crippen molar-refractivity contribution < 1.29 is 13.5 Å². The molecule has 25 heavy (non-hydrogen) atoms. The first-order valence-electron chi connectivity index (χ1n) is 7.05. The Hall–Kier alpha value is -3.42. The number of fused-ring (bicyclic) bond motifs is 1. The minimum atomic E-state index is -4.03. The number of hydrogen-bond donors (Lipinski definition) is 1. The lowest BCUT2D eigenvalue weighted by Crippen LogP contribution is -1.93. The minimum Gasteiger partial charge on any atom is -0.506 e. The van der Waals surface area contributed by atoms with Gasteiger partial charge in [-0.25, -0.2) is 8.42 Å². The molecule has 0 saturated carbocycles. The third-order valence-corrected chi connectivity index (χ3v) is 4.58. The smallest absolute Gasteiger partial charge is 0.264 e. The molecule has 0 aliphatic heterocycles. The first-order valence-corrected chi connectivity index (χ1v) is 8.49. The van der Waals surface area contributed by atoms with Gasteiger partial charge in [-0.05, 0) is 41.2 Å². The van der Waals surface area contributed by atoms with Crippen molar-refractivity contribution in [3.63, 3.8) is 0 Å². The van der Waals surface area contributed by atoms with E-state index < -0.39 is 10.0 Å². The van der Waals surface area contributed by atoms with Gasteiger partial charge in [-0.15, -0.1) is 5.11 Å². The Bertz CT molecular complexity index is 1120. The summed E-state index contributed by atoms with van der Waals surface area (Å²) in [4.78, 5) is 2.15. The van der Waals surface area contributed by atoms with Crippen LogP contribution in [0, 0.1) is 0 Å². The van der Waals surface area contributed by atoms with Crippen LogP contribution in [0.25, 0.3) is 21.2 Å². The second-order valence-corrected chi connectivity index (χ2v) is 6.58. The van der Waals surface area contributed by atoms with Gasteiger partial charge in [-0.2, -0.15) is 5.11 Å². The zero-order valence-electron chi connectivity index (χ0n) is 12.7. The summed E-state index contributed by atoms with van der Waals surface area (Å²) in [5.41, 5.74) is 8.97. The number of phenols is 1. The zero-order valence-corrected chi connectivity index (χ0v) is 13.5. The number of sulfonamides is 1. The van der Waals surface area contributed by atoms with Gasteiger partial charge >= 0.3 is 0 Å². The number of nitrogens with zero attached hydrogens (tertiary/aromatic N) is 5. The molecule has 8 nitrogen and oxygen atoms in total. The van der Waals surface area contributed by atoms with Crippen LogP contribution in [0.15, 0.2) is 80.3 Å². The Balaban J connectivity index is 1.96. The summed E-state index contributed by atoms with van der Waals surface area (Å²) in [6.07, 6.45) is 0. The van der Waals surface area contributed by atoms with Crippen molar-refractivity contribution >= 4 is 32.2 Å². The number of hydrogen-bond acceptors (Lipinski definition) is 5. The summed E-state index contributed by atoms with van der Waals surface area (Å²) in [6, 6.07) is 16.1. The lowest BCUT2D eigenvalue weighted by atomic mass is 10.1. The number of azide groups is 1. The Kier molecular flexibility index (Phi) is 4.34.